The molecule has 0 aromatic heterocycles. The van der Waals surface area contributed by atoms with E-state index < -0.39 is 17.6 Å². The fourth-order valence-corrected chi connectivity index (χ4v) is 6.20. The van der Waals surface area contributed by atoms with E-state index in [0.29, 0.717) is 65.4 Å². The van der Waals surface area contributed by atoms with Gasteiger partial charge in [0.1, 0.15) is 12.2 Å². The summed E-state index contributed by atoms with van der Waals surface area (Å²) in [5.41, 5.74) is 1.20. The first kappa shape index (κ1) is 34.5. The summed E-state index contributed by atoms with van der Waals surface area (Å²) in [6.07, 6.45) is 0.543. The normalized spacial score (nSPS) is 19.1. The quantitative estimate of drug-likeness (QED) is 0.315. The van der Waals surface area contributed by atoms with Crippen molar-refractivity contribution in [2.75, 3.05) is 52.0 Å². The van der Waals surface area contributed by atoms with Gasteiger partial charge in [0.25, 0.3) is 5.91 Å². The largest absolute Gasteiger partial charge is 0.493 e. The number of para-hydroxylation sites is 1. The number of carbonyl (C=O) groups excluding carboxylic acids is 3. The number of amides is 2. The van der Waals surface area contributed by atoms with E-state index in [-0.39, 0.29) is 37.4 Å². The average molecular weight is 645 g/mol. The van der Waals surface area contributed by atoms with Gasteiger partial charge in [-0.2, -0.15) is 0 Å². The molecule has 0 saturated carbocycles. The van der Waals surface area contributed by atoms with E-state index in [1.165, 1.54) is 7.11 Å². The van der Waals surface area contributed by atoms with E-state index in [9.17, 15) is 19.5 Å². The Morgan fingerprint density at radius 1 is 1.09 bits per heavy atom. The molecule has 2 aromatic carbocycles. The number of methoxy groups -OCH3 is 2. The van der Waals surface area contributed by atoms with Crippen molar-refractivity contribution in [1.82, 2.24) is 4.90 Å². The van der Waals surface area contributed by atoms with Crippen molar-refractivity contribution < 1.29 is 38.4 Å². The molecule has 1 saturated heterocycles. The van der Waals surface area contributed by atoms with Gasteiger partial charge >= 0.3 is 5.97 Å². The van der Waals surface area contributed by atoms with Gasteiger partial charge in [-0.05, 0) is 56.4 Å². The Labute approximate surface area is 270 Å². The zero-order valence-electron chi connectivity index (χ0n) is 26.8. The first-order chi connectivity index (χ1) is 21.5. The number of carbonyl (C=O) groups is 3. The highest BCUT2D eigenvalue weighted by Gasteiger charge is 2.41. The smallest absolute Gasteiger partial charge is 0.305 e. The fourth-order valence-electron chi connectivity index (χ4n) is 6.02. The van der Waals surface area contributed by atoms with Crippen LogP contribution >= 0.6 is 11.6 Å². The van der Waals surface area contributed by atoms with Gasteiger partial charge in [-0.15, -0.1) is 0 Å². The minimum Gasteiger partial charge on any atom is -0.493 e. The molecule has 2 amide bonds. The van der Waals surface area contributed by atoms with Crippen molar-refractivity contribution >= 4 is 35.1 Å². The Bertz CT molecular complexity index is 1360. The van der Waals surface area contributed by atoms with Gasteiger partial charge in [-0.25, -0.2) is 0 Å². The molecule has 0 spiro atoms. The fraction of sp³-hybridized carbons (Fsp3) is 0.559. The molecule has 11 heteroatoms. The second kappa shape index (κ2) is 15.3. The number of aliphatic hydroxyl groups is 1. The Hall–Kier alpha value is -3.34. The molecule has 0 radical (unpaired) electrons. The summed E-state index contributed by atoms with van der Waals surface area (Å²) >= 11 is 6.51. The van der Waals surface area contributed by atoms with E-state index in [0.717, 1.165) is 19.3 Å². The number of esters is 1. The predicted octanol–water partition coefficient (Wildman–Crippen LogP) is 5.17. The summed E-state index contributed by atoms with van der Waals surface area (Å²) in [6.45, 7) is 7.02. The van der Waals surface area contributed by atoms with Crippen molar-refractivity contribution in [3.05, 3.63) is 52.5 Å². The van der Waals surface area contributed by atoms with Crippen molar-refractivity contribution in [1.29, 1.82) is 0 Å². The number of ether oxygens (including phenoxy) is 4. The van der Waals surface area contributed by atoms with Crippen molar-refractivity contribution in [2.45, 2.75) is 65.1 Å². The van der Waals surface area contributed by atoms with Crippen molar-refractivity contribution in [3.63, 3.8) is 0 Å². The molecule has 2 aliphatic rings. The summed E-state index contributed by atoms with van der Waals surface area (Å²) in [6, 6.07) is 10.7. The molecule has 10 nitrogen and oxygen atoms in total. The first-order valence-corrected chi connectivity index (χ1v) is 15.9. The van der Waals surface area contributed by atoms with Crippen LogP contribution in [0.2, 0.25) is 5.02 Å². The second-order valence-corrected chi connectivity index (χ2v) is 12.8. The number of nitrogens with zero attached hydrogens (tertiary/aromatic N) is 2. The van der Waals surface area contributed by atoms with E-state index in [2.05, 4.69) is 0 Å². The standard InChI is InChI=1S/C34H45ClN2O8/c1-6-44-30(40)13-10-22-14-16-36(17-15-22)29(39)19-28-33(41)37(20-34(2,3)21-38)26-12-11-23(35)18-25(26)31(45-28)24-8-7-9-27(42-4)32(24)43-5/h7-9,11-12,18,22,28,31,38H,6,10,13-17,19-21H2,1-5H3/t28-,31-/m1/s1. The van der Waals surface area contributed by atoms with Crippen LogP contribution in [-0.4, -0.2) is 81.0 Å². The highest BCUT2D eigenvalue weighted by Crippen LogP contribution is 2.45. The lowest BCUT2D eigenvalue weighted by Gasteiger charge is -2.34. The van der Waals surface area contributed by atoms with Crippen LogP contribution < -0.4 is 14.4 Å². The lowest BCUT2D eigenvalue weighted by Crippen LogP contribution is -2.47. The van der Waals surface area contributed by atoms with Crippen LogP contribution in [0.4, 0.5) is 5.69 Å². The lowest BCUT2D eigenvalue weighted by atomic mass is 9.92. The monoisotopic (exact) mass is 644 g/mol. The number of anilines is 1. The minimum absolute atomic E-state index is 0.150. The summed E-state index contributed by atoms with van der Waals surface area (Å²) in [5.74, 6) is 0.519. The number of benzene rings is 2. The van der Waals surface area contributed by atoms with Gasteiger partial charge in [0.05, 0.1) is 27.2 Å². The molecule has 2 heterocycles. The topological polar surface area (TPSA) is 115 Å². The Kier molecular flexibility index (Phi) is 11.7. The van der Waals surface area contributed by atoms with Gasteiger partial charge in [0.15, 0.2) is 11.5 Å². The number of hydrogen-bond acceptors (Lipinski definition) is 8. The molecule has 1 fully saturated rings. The van der Waals surface area contributed by atoms with Crippen molar-refractivity contribution in [2.24, 2.45) is 11.3 Å². The van der Waals surface area contributed by atoms with Crippen LogP contribution in [0.25, 0.3) is 0 Å². The number of piperidine rings is 1. The number of rotatable bonds is 12. The number of aliphatic hydroxyl groups excluding tert-OH is 1. The van der Waals surface area contributed by atoms with Gasteiger partial charge in [-0.3, -0.25) is 14.4 Å². The SMILES string of the molecule is CCOC(=O)CCC1CCN(C(=O)C[C@H]2O[C@H](c3cccc(OC)c3OC)c3cc(Cl)ccc3N(CC(C)(C)CO)C2=O)CC1. The molecule has 0 aliphatic carbocycles. The maximum atomic E-state index is 14.3. The third-order valence-electron chi connectivity index (χ3n) is 8.52. The summed E-state index contributed by atoms with van der Waals surface area (Å²) < 4.78 is 23.0. The van der Waals surface area contributed by atoms with Crippen LogP contribution in [0.5, 0.6) is 11.5 Å². The molecule has 2 aromatic rings. The molecule has 4 rings (SSSR count). The van der Waals surface area contributed by atoms with Crippen LogP contribution in [0.1, 0.15) is 70.1 Å². The Balaban J connectivity index is 1.65. The number of hydrogen-bond donors (Lipinski definition) is 1. The highest BCUT2D eigenvalue weighted by molar-refractivity contribution is 6.30. The summed E-state index contributed by atoms with van der Waals surface area (Å²) in [5, 5.41) is 10.6. The van der Waals surface area contributed by atoms with Gasteiger partial charge < -0.3 is 33.9 Å². The molecular weight excluding hydrogens is 600 g/mol. The molecule has 45 heavy (non-hydrogen) atoms. The Morgan fingerprint density at radius 2 is 1.82 bits per heavy atom. The zero-order valence-corrected chi connectivity index (χ0v) is 27.6. The molecule has 2 atom stereocenters. The van der Waals surface area contributed by atoms with E-state index in [4.69, 9.17) is 30.5 Å². The summed E-state index contributed by atoms with van der Waals surface area (Å²) in [7, 11) is 3.08. The van der Waals surface area contributed by atoms with Gasteiger partial charge in [0.2, 0.25) is 5.91 Å². The highest BCUT2D eigenvalue weighted by atomic mass is 35.5. The maximum absolute atomic E-state index is 14.3. The molecule has 1 N–H and O–H groups in total. The molecule has 2 aliphatic heterocycles. The van der Waals surface area contributed by atoms with Gasteiger partial charge in [0, 0.05) is 59.9 Å². The van der Waals surface area contributed by atoms with E-state index in [1.807, 2.05) is 26.0 Å². The van der Waals surface area contributed by atoms with E-state index in [1.54, 1.807) is 48.1 Å². The maximum Gasteiger partial charge on any atom is 0.305 e. The predicted molar refractivity (Wildman–Crippen MR) is 171 cm³/mol. The Morgan fingerprint density at radius 3 is 2.47 bits per heavy atom. The van der Waals surface area contributed by atoms with Gasteiger partial charge in [-0.1, -0.05) is 37.6 Å². The number of likely N-dealkylation sites (tertiary alicyclic amines) is 1. The minimum atomic E-state index is -1.12. The first-order valence-electron chi connectivity index (χ1n) is 15.5. The van der Waals surface area contributed by atoms with Crippen LogP contribution in [0.15, 0.2) is 36.4 Å². The molecule has 246 valence electrons. The second-order valence-electron chi connectivity index (χ2n) is 12.4. The summed E-state index contributed by atoms with van der Waals surface area (Å²) in [4.78, 5) is 43.2. The van der Waals surface area contributed by atoms with Crippen LogP contribution in [-0.2, 0) is 23.9 Å². The van der Waals surface area contributed by atoms with E-state index >= 15 is 0 Å². The zero-order chi connectivity index (χ0) is 32.7. The lowest BCUT2D eigenvalue weighted by molar-refractivity contribution is -0.145. The van der Waals surface area contributed by atoms with Crippen molar-refractivity contribution in [3.8, 4) is 11.5 Å². The third kappa shape index (κ3) is 8.28. The van der Waals surface area contributed by atoms with Crippen LogP contribution in [0.3, 0.4) is 0 Å². The molecule has 0 bridgehead atoms. The van der Waals surface area contributed by atoms with Crippen LogP contribution in [0, 0.1) is 11.3 Å². The number of halogens is 1. The average Bonchev–Trinajstić information content (AvgIpc) is 3.13. The number of fused-ring (bicyclic) bond motifs is 1. The molecule has 0 unspecified atom stereocenters. The molecular formula is C34H45ClN2O8. The third-order valence-corrected chi connectivity index (χ3v) is 8.76.